The van der Waals surface area contributed by atoms with Gasteiger partial charge in [-0.2, -0.15) is 0 Å². The van der Waals surface area contributed by atoms with E-state index in [2.05, 4.69) is 5.32 Å². The molecule has 3 aliphatic heterocycles. The van der Waals surface area contributed by atoms with Crippen LogP contribution < -0.4 is 5.32 Å². The molecule has 2 aromatic rings. The van der Waals surface area contributed by atoms with Crippen LogP contribution in [0.4, 0.5) is 0 Å². The first kappa shape index (κ1) is 26.3. The number of nitrogens with one attached hydrogen (secondary N) is 1. The van der Waals surface area contributed by atoms with Gasteiger partial charge in [-0.05, 0) is 31.4 Å². The lowest BCUT2D eigenvalue weighted by molar-refractivity contribution is -0.939. The maximum absolute atomic E-state index is 13.6. The fraction of sp³-hybridized carbons (Fsp3) is 0.517. The SMILES string of the molecule is CC(C)OCCCNC(=O)C[N+]12CCC(CC1)[C@@H](OC(=O)C(O)(c1ccccc1)c1ccccc1)C2. The quantitative estimate of drug-likeness (QED) is 0.284. The van der Waals surface area contributed by atoms with Gasteiger partial charge >= 0.3 is 5.97 Å². The molecule has 0 saturated carbocycles. The third-order valence-corrected chi connectivity index (χ3v) is 7.55. The molecule has 0 radical (unpaired) electrons. The normalized spacial score (nSPS) is 23.4. The van der Waals surface area contributed by atoms with Gasteiger partial charge < -0.3 is 24.4 Å². The molecule has 1 atom stereocenters. The number of nitrogens with zero attached hydrogens (tertiary/aromatic N) is 1. The molecule has 0 spiro atoms. The molecule has 36 heavy (non-hydrogen) atoms. The smallest absolute Gasteiger partial charge is 0.348 e. The predicted octanol–water partition coefficient (Wildman–Crippen LogP) is 3.01. The van der Waals surface area contributed by atoms with Crippen molar-refractivity contribution in [2.75, 3.05) is 39.3 Å². The highest BCUT2D eigenvalue weighted by molar-refractivity contribution is 5.85. The Kier molecular flexibility index (Phi) is 8.44. The Balaban J connectivity index is 1.42. The molecule has 0 aromatic heterocycles. The van der Waals surface area contributed by atoms with E-state index in [9.17, 15) is 14.7 Å². The molecule has 0 aliphatic carbocycles. The lowest BCUT2D eigenvalue weighted by Gasteiger charge is -2.51. The van der Waals surface area contributed by atoms with Gasteiger partial charge in [0, 0.05) is 31.9 Å². The van der Waals surface area contributed by atoms with Crippen LogP contribution in [-0.4, -0.2) is 73.0 Å². The summed E-state index contributed by atoms with van der Waals surface area (Å²) in [5.74, 6) is -0.387. The van der Waals surface area contributed by atoms with Crippen molar-refractivity contribution in [3.05, 3.63) is 71.8 Å². The molecule has 2 bridgehead atoms. The summed E-state index contributed by atoms with van der Waals surface area (Å²) in [6.07, 6.45) is 2.45. The zero-order chi connectivity index (χ0) is 25.6. The van der Waals surface area contributed by atoms with E-state index < -0.39 is 11.6 Å². The third-order valence-electron chi connectivity index (χ3n) is 7.55. The summed E-state index contributed by atoms with van der Waals surface area (Å²) >= 11 is 0. The van der Waals surface area contributed by atoms with Crippen molar-refractivity contribution in [1.29, 1.82) is 0 Å². The number of ether oxygens (including phenoxy) is 2. The summed E-state index contributed by atoms with van der Waals surface area (Å²) in [6, 6.07) is 17.9. The highest BCUT2D eigenvalue weighted by Crippen LogP contribution is 2.38. The Labute approximate surface area is 214 Å². The Morgan fingerprint density at radius 3 is 2.17 bits per heavy atom. The number of esters is 1. The number of piperidine rings is 3. The highest BCUT2D eigenvalue weighted by Gasteiger charge is 2.51. The van der Waals surface area contributed by atoms with E-state index in [-0.39, 0.29) is 24.0 Å². The van der Waals surface area contributed by atoms with Gasteiger partial charge in [0.2, 0.25) is 5.60 Å². The predicted molar refractivity (Wildman–Crippen MR) is 137 cm³/mol. The standard InChI is InChI=1S/C29H38N2O5/c1-22(2)35-19-9-16-30-27(32)21-31-17-14-23(15-18-31)26(20-31)36-28(33)29(34,24-10-5-3-6-11-24)25-12-7-4-8-13-25/h3-8,10-13,22-23,26,34H,9,14-21H2,1-2H3/p+1/t23?,26-,31?/m0/s1. The van der Waals surface area contributed by atoms with Crippen molar-refractivity contribution >= 4 is 11.9 Å². The van der Waals surface area contributed by atoms with Gasteiger partial charge in [-0.3, -0.25) is 4.79 Å². The molecular formula is C29H39N2O5+. The maximum atomic E-state index is 13.6. The Morgan fingerprint density at radius 2 is 1.61 bits per heavy atom. The lowest BCUT2D eigenvalue weighted by Crippen LogP contribution is -2.67. The molecular weight excluding hydrogens is 456 g/mol. The minimum absolute atomic E-state index is 0.0232. The number of aliphatic hydroxyl groups is 1. The number of quaternary nitrogens is 1. The molecule has 3 saturated heterocycles. The van der Waals surface area contributed by atoms with E-state index in [0.717, 1.165) is 32.4 Å². The molecule has 3 fully saturated rings. The van der Waals surface area contributed by atoms with Gasteiger partial charge in [0.1, 0.15) is 6.54 Å². The molecule has 3 aliphatic rings. The molecule has 1 amide bonds. The molecule has 0 unspecified atom stereocenters. The first-order valence-corrected chi connectivity index (χ1v) is 13.1. The lowest BCUT2D eigenvalue weighted by atomic mass is 9.82. The van der Waals surface area contributed by atoms with Crippen LogP contribution in [0, 0.1) is 5.92 Å². The van der Waals surface area contributed by atoms with E-state index in [1.165, 1.54) is 0 Å². The van der Waals surface area contributed by atoms with Gasteiger partial charge in [0.05, 0.1) is 19.2 Å². The largest absolute Gasteiger partial charge is 0.453 e. The second-order valence-corrected chi connectivity index (χ2v) is 10.5. The van der Waals surface area contributed by atoms with Crippen LogP contribution >= 0.6 is 0 Å². The summed E-state index contributed by atoms with van der Waals surface area (Å²) < 4.78 is 12.3. The number of hydrogen-bond acceptors (Lipinski definition) is 5. The summed E-state index contributed by atoms with van der Waals surface area (Å²) in [4.78, 5) is 26.3. The van der Waals surface area contributed by atoms with Gasteiger partial charge in [0.15, 0.2) is 12.6 Å². The number of benzene rings is 2. The van der Waals surface area contributed by atoms with Gasteiger partial charge in [-0.15, -0.1) is 0 Å². The molecule has 3 heterocycles. The van der Waals surface area contributed by atoms with Crippen molar-refractivity contribution in [3.63, 3.8) is 0 Å². The van der Waals surface area contributed by atoms with Crippen molar-refractivity contribution in [3.8, 4) is 0 Å². The van der Waals surface area contributed by atoms with Crippen molar-refractivity contribution in [2.24, 2.45) is 5.92 Å². The molecule has 2 aromatic carbocycles. The van der Waals surface area contributed by atoms with Crippen molar-refractivity contribution in [2.45, 2.75) is 50.9 Å². The average molecular weight is 496 g/mol. The van der Waals surface area contributed by atoms with Gasteiger partial charge in [-0.1, -0.05) is 60.7 Å². The fourth-order valence-electron chi connectivity index (χ4n) is 5.54. The van der Waals surface area contributed by atoms with Crippen LogP contribution in [0.1, 0.15) is 44.2 Å². The van der Waals surface area contributed by atoms with Crippen LogP contribution in [0.15, 0.2) is 60.7 Å². The first-order chi connectivity index (χ1) is 17.3. The van der Waals surface area contributed by atoms with Gasteiger partial charge in [-0.25, -0.2) is 4.79 Å². The summed E-state index contributed by atoms with van der Waals surface area (Å²) in [5.41, 5.74) is -0.936. The van der Waals surface area contributed by atoms with Gasteiger partial charge in [0.25, 0.3) is 5.91 Å². The van der Waals surface area contributed by atoms with Crippen LogP contribution in [0.2, 0.25) is 0 Å². The molecule has 194 valence electrons. The summed E-state index contributed by atoms with van der Waals surface area (Å²) in [6.45, 7) is 8.01. The number of carbonyl (C=O) groups excluding carboxylic acids is 2. The summed E-state index contributed by atoms with van der Waals surface area (Å²) in [7, 11) is 0. The number of fused-ring (bicyclic) bond motifs is 3. The third kappa shape index (κ3) is 5.97. The number of rotatable bonds is 11. The second kappa shape index (κ2) is 11.5. The van der Waals surface area contributed by atoms with Crippen LogP contribution in [0.3, 0.4) is 0 Å². The number of amides is 1. The van der Waals surface area contributed by atoms with Crippen LogP contribution in [0.5, 0.6) is 0 Å². The zero-order valence-corrected chi connectivity index (χ0v) is 21.4. The van der Waals surface area contributed by atoms with Crippen LogP contribution in [-0.2, 0) is 24.7 Å². The van der Waals surface area contributed by atoms with Crippen molar-refractivity contribution in [1.82, 2.24) is 5.32 Å². The Hall–Kier alpha value is -2.74. The zero-order valence-electron chi connectivity index (χ0n) is 21.4. The van der Waals surface area contributed by atoms with E-state index >= 15 is 0 Å². The molecule has 7 nitrogen and oxygen atoms in total. The molecule has 7 heteroatoms. The number of carbonyl (C=O) groups is 2. The number of hydrogen-bond donors (Lipinski definition) is 2. The minimum atomic E-state index is -1.89. The topological polar surface area (TPSA) is 84.9 Å². The van der Waals surface area contributed by atoms with E-state index in [1.807, 2.05) is 26.0 Å². The first-order valence-electron chi connectivity index (χ1n) is 13.1. The second-order valence-electron chi connectivity index (χ2n) is 10.5. The fourth-order valence-corrected chi connectivity index (χ4v) is 5.54. The van der Waals surface area contributed by atoms with E-state index in [0.29, 0.717) is 41.9 Å². The van der Waals surface area contributed by atoms with Crippen LogP contribution in [0.25, 0.3) is 0 Å². The van der Waals surface area contributed by atoms with E-state index in [4.69, 9.17) is 9.47 Å². The summed E-state index contributed by atoms with van der Waals surface area (Å²) in [5, 5.41) is 14.8. The average Bonchev–Trinajstić information content (AvgIpc) is 2.89. The Bertz CT molecular complexity index is 963. The molecule has 5 rings (SSSR count). The Morgan fingerprint density at radius 1 is 1.03 bits per heavy atom. The molecule has 2 N–H and O–H groups in total. The maximum Gasteiger partial charge on any atom is 0.348 e. The monoisotopic (exact) mass is 495 g/mol. The van der Waals surface area contributed by atoms with Crippen molar-refractivity contribution < 1.29 is 28.7 Å². The highest BCUT2D eigenvalue weighted by atomic mass is 16.6. The van der Waals surface area contributed by atoms with E-state index in [1.54, 1.807) is 48.5 Å². The minimum Gasteiger partial charge on any atom is -0.453 e.